The summed E-state index contributed by atoms with van der Waals surface area (Å²) in [7, 11) is 0. The number of aromatic amines is 4. The van der Waals surface area contributed by atoms with Crippen molar-refractivity contribution >= 4 is 91.2 Å². The molecule has 7 heterocycles. The minimum atomic E-state index is -0.957. The molecule has 6 N–H and O–H groups in total. The average molecular weight is 1470 g/mol. The molecule has 8 aromatic rings. The highest BCUT2D eigenvalue weighted by atomic mass is 19.1. The van der Waals surface area contributed by atoms with Crippen LogP contribution in [0, 0.1) is 40.5 Å². The van der Waals surface area contributed by atoms with Crippen molar-refractivity contribution in [2.24, 2.45) is 17.3 Å². The van der Waals surface area contributed by atoms with Crippen molar-refractivity contribution in [1.29, 1.82) is 0 Å². The number of halogens is 4. The number of H-pyrrole nitrogens is 4. The number of likely N-dealkylation sites (tertiary alicyclic amines) is 2. The van der Waals surface area contributed by atoms with Crippen molar-refractivity contribution in [3.05, 3.63) is 118 Å². The maximum Gasteiger partial charge on any atom is 0.408 e. The topological polar surface area (TPSA) is 276 Å². The standard InChI is InChI=1S/C50H65F2N5O9.C31H33F2N3O4/c1-11-29(17-34(60)24-49(5,6)7)46(61)56-25-35(64-27(3)58)20-32(56)22-39-37-15-13-30(51)18-42(37)53-44(39)45-40(38-16-14-31(52)19-43(38)54-45)23-33-21-36(65-28(4)59)26-57(33)47(62)41(12-2)55-48(63)66-50(8,9)10;1-16(37)39-22-6-3-18(9-22)10-26-24-7-4-19(32)11-28(24)35-30(26)31-27(25-8-5-20(33)12-29(25)36-31)14-21-13-23(15-34-21)40-17(2)38/h13-16,18-19,29,32-33,35-36,41,53-54H,11-12,17,20-26H2,1-10H3,(H,55,63);4-5,7-8,11-12,18,21-23,34-36H,3,6,9-10,13-15H2,1-2H3/t29-,32+,33+,35+,36+,41+;18-,21-,22+,23-/m10/s1. The Bertz CT molecular complexity index is 4350. The number of ketones is 1. The van der Waals surface area contributed by atoms with Crippen molar-refractivity contribution in [2.45, 2.75) is 227 Å². The van der Waals surface area contributed by atoms with Crippen LogP contribution >= 0.6 is 0 Å². The first-order valence-corrected chi connectivity index (χ1v) is 36.9. The normalized spacial score (nSPS) is 20.9. The van der Waals surface area contributed by atoms with Gasteiger partial charge >= 0.3 is 30.0 Å². The minimum absolute atomic E-state index is 0.00933. The monoisotopic (exact) mass is 1470 g/mol. The molecule has 0 spiro atoms. The number of carbonyl (C=O) groups excluding carboxylic acids is 8. The molecule has 4 aromatic carbocycles. The number of hydrogen-bond donors (Lipinski definition) is 6. The molecule has 568 valence electrons. The number of fused-ring (bicyclic) bond motifs is 4. The Hall–Kier alpha value is -9.52. The summed E-state index contributed by atoms with van der Waals surface area (Å²) >= 11 is 0. The highest BCUT2D eigenvalue weighted by Gasteiger charge is 2.44. The lowest BCUT2D eigenvalue weighted by atomic mass is 9.86. The summed E-state index contributed by atoms with van der Waals surface area (Å²) in [5.74, 6) is -4.10. The minimum Gasteiger partial charge on any atom is -0.463 e. The molecule has 3 aliphatic heterocycles. The molecule has 1 aliphatic carbocycles. The lowest BCUT2D eigenvalue weighted by Gasteiger charge is -2.30. The smallest absolute Gasteiger partial charge is 0.408 e. The molecule has 1 saturated carbocycles. The van der Waals surface area contributed by atoms with Gasteiger partial charge in [-0.05, 0) is 185 Å². The van der Waals surface area contributed by atoms with Gasteiger partial charge in [0, 0.05) is 134 Å². The summed E-state index contributed by atoms with van der Waals surface area (Å²) in [6.45, 7) is 21.0. The van der Waals surface area contributed by atoms with Gasteiger partial charge in [-0.3, -0.25) is 33.6 Å². The van der Waals surface area contributed by atoms with Crippen molar-refractivity contribution in [2.75, 3.05) is 19.6 Å². The SMILES string of the molecule is CC(=O)O[C@@H]1CC[C@H](Cc2c(-c3[nH]c4cc(F)ccc4c3C[C@@H]3C[C@H](OC(C)=O)CN3)[nH]c3cc(F)ccc23)C1.CC[C@H](CC(=O)CC(C)(C)C)C(=O)N1C[C@@H](OC(C)=O)C[C@H]1Cc1c(-c2[nH]c3cc(F)ccc3c2C[C@@H]2C[C@H](OC(C)=O)CN2C(=O)[C@H](CC)NC(=O)OC(C)(C)C)[nH]c2cc(F)ccc12. The molecule has 4 aromatic heterocycles. The Kier molecular flexibility index (Phi) is 23.6. The number of ether oxygens (including phenoxy) is 5. The molecule has 106 heavy (non-hydrogen) atoms. The quantitative estimate of drug-likeness (QED) is 0.0209. The summed E-state index contributed by atoms with van der Waals surface area (Å²) in [5.41, 5.74) is 7.53. The lowest BCUT2D eigenvalue weighted by Crippen LogP contribution is -2.51. The number of hydrogen-bond acceptors (Lipinski definition) is 14. The fourth-order valence-electron chi connectivity index (χ4n) is 16.3. The maximum absolute atomic E-state index is 15.0. The van der Waals surface area contributed by atoms with Crippen LogP contribution in [-0.2, 0) is 82.9 Å². The zero-order chi connectivity index (χ0) is 76.4. The number of aromatic nitrogens is 4. The second-order valence-corrected chi connectivity index (χ2v) is 31.4. The number of nitrogens with zero attached hydrogens (tertiary/aromatic N) is 2. The molecule has 10 atom stereocenters. The van der Waals surface area contributed by atoms with E-state index in [-0.39, 0.29) is 104 Å². The molecule has 25 heteroatoms. The Morgan fingerprint density at radius 2 is 0.906 bits per heavy atom. The lowest BCUT2D eigenvalue weighted by molar-refractivity contribution is -0.147. The van der Waals surface area contributed by atoms with Crippen molar-refractivity contribution < 1.29 is 79.6 Å². The molecule has 12 rings (SSSR count). The Labute approximate surface area is 613 Å². The van der Waals surface area contributed by atoms with Gasteiger partial charge in [-0.1, -0.05) is 34.6 Å². The predicted molar refractivity (Wildman–Crippen MR) is 393 cm³/mol. The zero-order valence-electron chi connectivity index (χ0n) is 62.4. The van der Waals surface area contributed by atoms with Crippen molar-refractivity contribution in [3.63, 3.8) is 0 Å². The molecule has 0 bridgehead atoms. The van der Waals surface area contributed by atoms with Crippen LogP contribution in [0.4, 0.5) is 22.4 Å². The van der Waals surface area contributed by atoms with E-state index in [2.05, 4.69) is 30.6 Å². The van der Waals surface area contributed by atoms with Crippen molar-refractivity contribution in [1.82, 2.24) is 40.4 Å². The number of rotatable bonds is 22. The number of alkyl carbamates (subject to hydrolysis) is 1. The second kappa shape index (κ2) is 32.3. The van der Waals surface area contributed by atoms with Gasteiger partial charge in [0.05, 0.1) is 35.9 Å². The van der Waals surface area contributed by atoms with Gasteiger partial charge in [-0.15, -0.1) is 0 Å². The summed E-state index contributed by atoms with van der Waals surface area (Å²) in [6, 6.07) is 16.3. The molecule has 4 fully saturated rings. The van der Waals surface area contributed by atoms with E-state index in [0.717, 1.165) is 59.0 Å². The van der Waals surface area contributed by atoms with Crippen LogP contribution < -0.4 is 10.6 Å². The van der Waals surface area contributed by atoms with E-state index in [1.54, 1.807) is 55.7 Å². The fraction of sp³-hybridized carbons (Fsp3) is 0.506. The van der Waals surface area contributed by atoms with Gasteiger partial charge in [0.1, 0.15) is 65.1 Å². The van der Waals surface area contributed by atoms with Crippen LogP contribution in [0.1, 0.15) is 170 Å². The number of benzene rings is 4. The summed E-state index contributed by atoms with van der Waals surface area (Å²) in [6.07, 6.45) is 4.38. The third-order valence-electron chi connectivity index (χ3n) is 20.6. The first kappa shape index (κ1) is 77.6. The highest BCUT2D eigenvalue weighted by molar-refractivity contribution is 5.98. The number of esters is 4. The highest BCUT2D eigenvalue weighted by Crippen LogP contribution is 2.44. The Morgan fingerprint density at radius 1 is 0.500 bits per heavy atom. The van der Waals surface area contributed by atoms with E-state index in [0.29, 0.717) is 99.9 Å². The van der Waals surface area contributed by atoms with E-state index in [4.69, 9.17) is 23.7 Å². The fourth-order valence-corrected chi connectivity index (χ4v) is 16.3. The first-order valence-electron chi connectivity index (χ1n) is 36.9. The van der Waals surface area contributed by atoms with Gasteiger partial charge in [-0.25, -0.2) is 22.4 Å². The molecule has 0 radical (unpaired) electrons. The predicted octanol–water partition coefficient (Wildman–Crippen LogP) is 14.2. The molecule has 21 nitrogen and oxygen atoms in total. The average Bonchev–Trinajstić information content (AvgIpc) is 1.60. The number of nitrogens with one attached hydrogen (secondary N) is 6. The second-order valence-electron chi connectivity index (χ2n) is 31.4. The summed E-state index contributed by atoms with van der Waals surface area (Å²) < 4.78 is 86.3. The molecule has 3 amide bonds. The van der Waals surface area contributed by atoms with Crippen LogP contribution in [0.25, 0.3) is 66.4 Å². The largest absolute Gasteiger partial charge is 0.463 e. The third kappa shape index (κ3) is 18.6. The first-order chi connectivity index (χ1) is 50.2. The number of carbonyl (C=O) groups is 8. The van der Waals surface area contributed by atoms with Crippen LogP contribution in [0.2, 0.25) is 0 Å². The Balaban J connectivity index is 0.000000237. The summed E-state index contributed by atoms with van der Waals surface area (Å²) in [5, 5.41) is 9.36. The Morgan fingerprint density at radius 3 is 1.31 bits per heavy atom. The van der Waals surface area contributed by atoms with E-state index >= 15 is 8.78 Å². The molecule has 3 saturated heterocycles. The third-order valence-corrected chi connectivity index (χ3v) is 20.6. The van der Waals surface area contributed by atoms with Gasteiger partial charge in [0.2, 0.25) is 11.8 Å². The molecule has 0 unspecified atom stereocenters. The summed E-state index contributed by atoms with van der Waals surface area (Å²) in [4.78, 5) is 120. The van der Waals surface area contributed by atoms with Gasteiger partial charge < -0.3 is 64.1 Å². The van der Waals surface area contributed by atoms with Gasteiger partial charge in [-0.2, -0.15) is 0 Å². The van der Waals surface area contributed by atoms with E-state index in [9.17, 15) is 47.1 Å². The van der Waals surface area contributed by atoms with Crippen LogP contribution in [0.15, 0.2) is 72.8 Å². The van der Waals surface area contributed by atoms with Crippen LogP contribution in [0.5, 0.6) is 0 Å². The van der Waals surface area contributed by atoms with E-state index in [1.807, 2.05) is 33.8 Å². The number of Topliss-reactive ketones (excluding diaryl/α,β-unsaturated/α-hetero) is 1. The molecular weight excluding hydrogens is 1370 g/mol. The van der Waals surface area contributed by atoms with Crippen LogP contribution in [-0.4, -0.2) is 151 Å². The molecule has 4 aliphatic rings. The number of amides is 3. The zero-order valence-corrected chi connectivity index (χ0v) is 62.4. The van der Waals surface area contributed by atoms with Gasteiger partial charge in [0.15, 0.2) is 0 Å². The van der Waals surface area contributed by atoms with Crippen LogP contribution in [0.3, 0.4) is 0 Å². The van der Waals surface area contributed by atoms with E-state index in [1.165, 1.54) is 76.2 Å². The van der Waals surface area contributed by atoms with Crippen molar-refractivity contribution in [3.8, 4) is 22.8 Å². The maximum atomic E-state index is 15.0. The molecular formula is C81H98F4N8O13. The van der Waals surface area contributed by atoms with E-state index < -0.39 is 77.4 Å². The van der Waals surface area contributed by atoms with Gasteiger partial charge in [0.25, 0.3) is 0 Å².